The zero-order chi connectivity index (χ0) is 23.8. The fraction of sp³-hybridized carbons (Fsp3) is 0.350. The van der Waals surface area contributed by atoms with Gasteiger partial charge >= 0.3 is 6.18 Å². The van der Waals surface area contributed by atoms with Crippen molar-refractivity contribution in [2.24, 2.45) is 13.0 Å². The Morgan fingerprint density at radius 3 is 2.48 bits per heavy atom. The highest BCUT2D eigenvalue weighted by atomic mass is 32.2. The highest BCUT2D eigenvalue weighted by molar-refractivity contribution is 7.89. The fourth-order valence-corrected chi connectivity index (χ4v) is 5.19. The van der Waals surface area contributed by atoms with Crippen LogP contribution in [0.5, 0.6) is 5.88 Å². The molecule has 0 radical (unpaired) electrons. The number of imidazole rings is 1. The van der Waals surface area contributed by atoms with Crippen LogP contribution in [0.4, 0.5) is 17.6 Å². The van der Waals surface area contributed by atoms with E-state index in [0.717, 1.165) is 6.33 Å². The number of aryl methyl sites for hydroxylation is 1. The molecule has 4 rings (SSSR count). The second kappa shape index (κ2) is 8.71. The first-order valence-electron chi connectivity index (χ1n) is 9.79. The molecule has 0 spiro atoms. The third-order valence-corrected chi connectivity index (χ3v) is 7.09. The van der Waals surface area contributed by atoms with E-state index < -0.39 is 33.6 Å². The SMILES string of the molecule is Cn1cnc(S(=O)(=O)N2C[C@H](COc3cc(C(F)(F)F)ncn3)[C@@H](c3ccc(F)cc3)C2)c1. The van der Waals surface area contributed by atoms with Gasteiger partial charge in [0.2, 0.25) is 5.88 Å². The second-order valence-electron chi connectivity index (χ2n) is 7.67. The summed E-state index contributed by atoms with van der Waals surface area (Å²) in [5, 5.41) is -0.116. The van der Waals surface area contributed by atoms with E-state index >= 15 is 0 Å². The van der Waals surface area contributed by atoms with Gasteiger partial charge in [-0.1, -0.05) is 12.1 Å². The van der Waals surface area contributed by atoms with E-state index in [9.17, 15) is 26.0 Å². The monoisotopic (exact) mass is 485 g/mol. The van der Waals surface area contributed by atoms with E-state index in [1.54, 1.807) is 19.2 Å². The number of hydrogen-bond donors (Lipinski definition) is 0. The van der Waals surface area contributed by atoms with Crippen molar-refractivity contribution < 1.29 is 30.7 Å². The van der Waals surface area contributed by atoms with Crippen molar-refractivity contribution in [3.05, 3.63) is 66.3 Å². The molecule has 1 aliphatic rings. The number of nitrogens with zero attached hydrogens (tertiary/aromatic N) is 5. The number of halogens is 4. The van der Waals surface area contributed by atoms with Crippen LogP contribution in [0.3, 0.4) is 0 Å². The molecule has 2 aromatic heterocycles. The molecule has 3 aromatic rings. The zero-order valence-electron chi connectivity index (χ0n) is 17.3. The van der Waals surface area contributed by atoms with Gasteiger partial charge in [0, 0.05) is 44.2 Å². The predicted molar refractivity (Wildman–Crippen MR) is 107 cm³/mol. The van der Waals surface area contributed by atoms with Crippen LogP contribution in [0.1, 0.15) is 17.2 Å². The molecule has 0 bridgehead atoms. The van der Waals surface area contributed by atoms with Gasteiger partial charge in [-0.05, 0) is 17.7 Å². The molecule has 13 heteroatoms. The smallest absolute Gasteiger partial charge is 0.433 e. The molecule has 1 saturated heterocycles. The van der Waals surface area contributed by atoms with Gasteiger partial charge in [-0.3, -0.25) is 0 Å². The molecule has 1 aliphatic heterocycles. The van der Waals surface area contributed by atoms with E-state index in [4.69, 9.17) is 4.74 Å². The molecule has 0 unspecified atom stereocenters. The normalized spacial score (nSPS) is 19.7. The molecule has 2 atom stereocenters. The summed E-state index contributed by atoms with van der Waals surface area (Å²) < 4.78 is 86.5. The van der Waals surface area contributed by atoms with Crippen LogP contribution < -0.4 is 4.74 Å². The minimum Gasteiger partial charge on any atom is -0.477 e. The van der Waals surface area contributed by atoms with Crippen LogP contribution in [0.2, 0.25) is 0 Å². The topological polar surface area (TPSA) is 90.2 Å². The Morgan fingerprint density at radius 2 is 1.85 bits per heavy atom. The van der Waals surface area contributed by atoms with Crippen molar-refractivity contribution in [3.63, 3.8) is 0 Å². The number of ether oxygens (including phenoxy) is 1. The summed E-state index contributed by atoms with van der Waals surface area (Å²) in [6.45, 7) is 0.0128. The van der Waals surface area contributed by atoms with Crippen molar-refractivity contribution in [1.29, 1.82) is 0 Å². The lowest BCUT2D eigenvalue weighted by Gasteiger charge is -2.19. The van der Waals surface area contributed by atoms with Crippen molar-refractivity contribution >= 4 is 10.0 Å². The summed E-state index contributed by atoms with van der Waals surface area (Å²) >= 11 is 0. The minimum atomic E-state index is -4.65. The highest BCUT2D eigenvalue weighted by Crippen LogP contribution is 2.36. The average molecular weight is 485 g/mol. The lowest BCUT2D eigenvalue weighted by atomic mass is 9.89. The van der Waals surface area contributed by atoms with Crippen LogP contribution in [-0.4, -0.2) is 51.9 Å². The maximum absolute atomic E-state index is 13.4. The molecular formula is C20H19F4N5O3S. The van der Waals surface area contributed by atoms with Gasteiger partial charge in [0.25, 0.3) is 10.0 Å². The molecule has 176 valence electrons. The Kier molecular flexibility index (Phi) is 6.10. The van der Waals surface area contributed by atoms with E-state index in [-0.39, 0.29) is 36.5 Å². The van der Waals surface area contributed by atoms with Gasteiger partial charge in [-0.25, -0.2) is 27.8 Å². The third-order valence-electron chi connectivity index (χ3n) is 5.37. The standard InChI is InChI=1S/C20H19F4N5O3S/c1-28-9-19(27-12-28)33(30,31)29-7-14(16(8-29)13-2-4-15(21)5-3-13)10-32-18-6-17(20(22,23)24)25-11-26-18/h2-6,9,11-12,14,16H,7-8,10H2,1H3/t14-,16-/m1/s1. The minimum absolute atomic E-state index is 0.0398. The van der Waals surface area contributed by atoms with Gasteiger partial charge in [-0.15, -0.1) is 0 Å². The summed E-state index contributed by atoms with van der Waals surface area (Å²) in [6.07, 6.45) is -1.15. The van der Waals surface area contributed by atoms with E-state index in [0.29, 0.717) is 11.6 Å². The lowest BCUT2D eigenvalue weighted by molar-refractivity contribution is -0.141. The summed E-state index contributed by atoms with van der Waals surface area (Å²) in [4.78, 5) is 10.8. The molecule has 8 nitrogen and oxygen atoms in total. The predicted octanol–water partition coefficient (Wildman–Crippen LogP) is 2.85. The maximum Gasteiger partial charge on any atom is 0.433 e. The van der Waals surface area contributed by atoms with Crippen molar-refractivity contribution in [1.82, 2.24) is 23.8 Å². The van der Waals surface area contributed by atoms with E-state index in [1.807, 2.05) is 0 Å². The van der Waals surface area contributed by atoms with E-state index in [2.05, 4.69) is 15.0 Å². The molecule has 33 heavy (non-hydrogen) atoms. The van der Waals surface area contributed by atoms with Crippen LogP contribution in [0.25, 0.3) is 0 Å². The van der Waals surface area contributed by atoms with Crippen molar-refractivity contribution in [2.45, 2.75) is 17.1 Å². The third kappa shape index (κ3) is 4.98. The maximum atomic E-state index is 13.4. The molecule has 0 N–H and O–H groups in total. The fourth-order valence-electron chi connectivity index (χ4n) is 3.70. The number of hydrogen-bond acceptors (Lipinski definition) is 6. The van der Waals surface area contributed by atoms with Crippen molar-refractivity contribution in [3.8, 4) is 5.88 Å². The van der Waals surface area contributed by atoms with Gasteiger partial charge in [0.15, 0.2) is 10.7 Å². The molecule has 0 aliphatic carbocycles. The Bertz CT molecular complexity index is 1230. The Labute approximate surface area is 186 Å². The molecular weight excluding hydrogens is 466 g/mol. The molecule has 1 aromatic carbocycles. The number of alkyl halides is 3. The summed E-state index contributed by atoms with van der Waals surface area (Å²) in [5.74, 6) is -1.53. The largest absolute Gasteiger partial charge is 0.477 e. The Morgan fingerprint density at radius 1 is 1.12 bits per heavy atom. The molecule has 1 fully saturated rings. The second-order valence-corrected chi connectivity index (χ2v) is 9.55. The van der Waals surface area contributed by atoms with Gasteiger partial charge in [0.1, 0.15) is 12.1 Å². The number of benzene rings is 1. The Hall–Kier alpha value is -3.06. The summed E-state index contributed by atoms with van der Waals surface area (Å²) in [5.41, 5.74) is -0.462. The summed E-state index contributed by atoms with van der Waals surface area (Å²) in [7, 11) is -2.27. The quantitative estimate of drug-likeness (QED) is 0.499. The molecule has 0 amide bonds. The highest BCUT2D eigenvalue weighted by Gasteiger charge is 2.41. The van der Waals surface area contributed by atoms with E-state index in [1.165, 1.54) is 33.5 Å². The van der Waals surface area contributed by atoms with Gasteiger partial charge in [0.05, 0.1) is 12.9 Å². The van der Waals surface area contributed by atoms with Crippen molar-refractivity contribution in [2.75, 3.05) is 19.7 Å². The first-order valence-corrected chi connectivity index (χ1v) is 11.2. The average Bonchev–Trinajstić information content (AvgIpc) is 3.40. The number of rotatable bonds is 6. The van der Waals surface area contributed by atoms with Gasteiger partial charge < -0.3 is 9.30 Å². The summed E-state index contributed by atoms with van der Waals surface area (Å²) in [6, 6.07) is 6.32. The van der Waals surface area contributed by atoms with Crippen LogP contribution in [-0.2, 0) is 23.2 Å². The van der Waals surface area contributed by atoms with Crippen LogP contribution in [0, 0.1) is 11.7 Å². The molecule has 3 heterocycles. The van der Waals surface area contributed by atoms with Gasteiger partial charge in [-0.2, -0.15) is 17.5 Å². The zero-order valence-corrected chi connectivity index (χ0v) is 18.1. The Balaban J connectivity index is 1.58. The van der Waals surface area contributed by atoms with Crippen LogP contribution >= 0.6 is 0 Å². The first-order chi connectivity index (χ1) is 15.5. The number of aromatic nitrogens is 4. The lowest BCUT2D eigenvalue weighted by Crippen LogP contribution is -2.30. The molecule has 0 saturated carbocycles. The first kappa shape index (κ1) is 23.1. The van der Waals surface area contributed by atoms with Crippen LogP contribution in [0.15, 0.2) is 54.2 Å². The number of sulfonamides is 1.